The lowest BCUT2D eigenvalue weighted by Crippen LogP contribution is -2.52. The fraction of sp³-hybridized carbons (Fsp3) is 0.565. The van der Waals surface area contributed by atoms with Crippen LogP contribution in [0, 0.1) is 5.92 Å². The van der Waals surface area contributed by atoms with Gasteiger partial charge in [0.05, 0.1) is 30.4 Å². The molecule has 3 amide bonds. The first-order valence-corrected chi connectivity index (χ1v) is 12.4. The number of Topliss-reactive ketones (excluding diaryl/α,β-unsaturated/α-hetero) is 1. The summed E-state index contributed by atoms with van der Waals surface area (Å²) in [6, 6.07) is -0.331. The number of hydrogen-bond acceptors (Lipinski definition) is 10. The molecule has 0 aliphatic carbocycles. The summed E-state index contributed by atoms with van der Waals surface area (Å²) in [5, 5.41) is 13.3. The Kier molecular flexibility index (Phi) is 9.29. The number of nitrogens with zero attached hydrogens (tertiary/aromatic N) is 2. The number of aromatic nitrogens is 2. The molecule has 3 heterocycles. The maximum absolute atomic E-state index is 12.9. The zero-order valence-corrected chi connectivity index (χ0v) is 21.5. The Morgan fingerprint density at radius 3 is 2.58 bits per heavy atom. The maximum atomic E-state index is 12.9. The standard InChI is InChI=1S/C23H31N5O7S/c1-13(2)5-16(20(30)23(3)11-34-23)26-19(29)8-24-21(31)17(6-14-10-36-12-25-14)27-22(32)18-7-15(9-33-4)35-28-18/h7,10,12-13,16-17H,5-6,8-9,11H2,1-4H3,(H,24,31)(H,26,29)(H,27,32)/t16-,17-,23+/m0/s1. The van der Waals surface area contributed by atoms with Gasteiger partial charge in [-0.2, -0.15) is 0 Å². The SMILES string of the molecule is COCc1cc(C(=O)N[C@@H](Cc2cscn2)C(=O)NCC(=O)N[C@@H](CC(C)C)C(=O)[C@@]2(C)CO2)no1. The van der Waals surface area contributed by atoms with Gasteiger partial charge in [0, 0.05) is 25.0 Å². The molecule has 3 atom stereocenters. The van der Waals surface area contributed by atoms with Crippen LogP contribution in [0.1, 0.15) is 49.1 Å². The number of ketones is 1. The van der Waals surface area contributed by atoms with E-state index in [-0.39, 0.29) is 37.0 Å². The van der Waals surface area contributed by atoms with E-state index in [1.807, 2.05) is 13.8 Å². The fourth-order valence-corrected chi connectivity index (χ4v) is 4.05. The summed E-state index contributed by atoms with van der Waals surface area (Å²) in [5.41, 5.74) is 1.33. The fourth-order valence-electron chi connectivity index (χ4n) is 3.48. The molecule has 1 aliphatic heterocycles. The van der Waals surface area contributed by atoms with Crippen LogP contribution in [0.4, 0.5) is 0 Å². The van der Waals surface area contributed by atoms with Gasteiger partial charge in [0.15, 0.2) is 17.2 Å². The van der Waals surface area contributed by atoms with Gasteiger partial charge in [-0.1, -0.05) is 19.0 Å². The van der Waals surface area contributed by atoms with Gasteiger partial charge in [0.25, 0.3) is 5.91 Å². The largest absolute Gasteiger partial charge is 0.377 e. The average molecular weight is 522 g/mol. The molecule has 0 aromatic carbocycles. The van der Waals surface area contributed by atoms with Gasteiger partial charge in [0.2, 0.25) is 11.8 Å². The normalized spacial score (nSPS) is 18.4. The van der Waals surface area contributed by atoms with E-state index in [1.54, 1.807) is 17.8 Å². The summed E-state index contributed by atoms with van der Waals surface area (Å²) in [5.74, 6) is -1.40. The van der Waals surface area contributed by atoms with Gasteiger partial charge in [-0.05, 0) is 19.3 Å². The first-order valence-electron chi connectivity index (χ1n) is 11.5. The monoisotopic (exact) mass is 521 g/mol. The molecule has 0 saturated carbocycles. The Morgan fingerprint density at radius 2 is 1.97 bits per heavy atom. The predicted molar refractivity (Wildman–Crippen MR) is 128 cm³/mol. The van der Waals surface area contributed by atoms with Gasteiger partial charge < -0.3 is 29.9 Å². The highest BCUT2D eigenvalue weighted by Crippen LogP contribution is 2.29. The second-order valence-corrected chi connectivity index (χ2v) is 9.89. The van der Waals surface area contributed by atoms with Gasteiger partial charge in [0.1, 0.15) is 18.2 Å². The number of hydrogen-bond donors (Lipinski definition) is 3. The van der Waals surface area contributed by atoms with Crippen molar-refractivity contribution in [2.45, 2.75) is 57.9 Å². The van der Waals surface area contributed by atoms with Crippen LogP contribution in [0.2, 0.25) is 0 Å². The highest BCUT2D eigenvalue weighted by Gasteiger charge is 2.50. The molecule has 12 nitrogen and oxygen atoms in total. The first-order chi connectivity index (χ1) is 17.1. The number of thiazole rings is 1. The third kappa shape index (κ3) is 7.67. The lowest BCUT2D eigenvalue weighted by Gasteiger charge is -2.22. The van der Waals surface area contributed by atoms with Crippen LogP contribution >= 0.6 is 11.3 Å². The van der Waals surface area contributed by atoms with E-state index in [2.05, 4.69) is 26.1 Å². The number of nitrogens with one attached hydrogen (secondary N) is 3. The van der Waals surface area contributed by atoms with Crippen molar-refractivity contribution in [2.75, 3.05) is 20.3 Å². The minimum atomic E-state index is -1.03. The molecular weight excluding hydrogens is 490 g/mol. The molecule has 3 N–H and O–H groups in total. The topological polar surface area (TPSA) is 165 Å². The summed E-state index contributed by atoms with van der Waals surface area (Å²) in [4.78, 5) is 55.1. The van der Waals surface area contributed by atoms with Crippen molar-refractivity contribution in [3.8, 4) is 0 Å². The second-order valence-electron chi connectivity index (χ2n) is 9.17. The molecule has 2 aromatic rings. The van der Waals surface area contributed by atoms with Crippen molar-refractivity contribution >= 4 is 34.8 Å². The van der Waals surface area contributed by atoms with Gasteiger partial charge >= 0.3 is 0 Å². The Morgan fingerprint density at radius 1 is 1.22 bits per heavy atom. The predicted octanol–water partition coefficient (Wildman–Crippen LogP) is 0.624. The van der Waals surface area contributed by atoms with Crippen molar-refractivity contribution in [3.05, 3.63) is 34.1 Å². The number of rotatable bonds is 14. The molecule has 1 fully saturated rings. The summed E-state index contributed by atoms with van der Waals surface area (Å²) in [6.07, 6.45) is 0.554. The Balaban J connectivity index is 1.60. The summed E-state index contributed by atoms with van der Waals surface area (Å²) >= 11 is 1.35. The third-order valence-corrected chi connectivity index (χ3v) is 6.11. The van der Waals surface area contributed by atoms with Crippen LogP contribution in [0.5, 0.6) is 0 Å². The van der Waals surface area contributed by atoms with Crippen molar-refractivity contribution in [1.29, 1.82) is 0 Å². The maximum Gasteiger partial charge on any atom is 0.274 e. The van der Waals surface area contributed by atoms with Crippen LogP contribution in [-0.2, 0) is 36.9 Å². The summed E-state index contributed by atoms with van der Waals surface area (Å²) in [6.45, 7) is 5.68. The van der Waals surface area contributed by atoms with E-state index in [1.165, 1.54) is 24.5 Å². The molecule has 0 unspecified atom stereocenters. The molecule has 3 rings (SSSR count). The smallest absolute Gasteiger partial charge is 0.274 e. The second kappa shape index (κ2) is 12.2. The summed E-state index contributed by atoms with van der Waals surface area (Å²) < 4.78 is 15.2. The number of ether oxygens (including phenoxy) is 2. The summed E-state index contributed by atoms with van der Waals surface area (Å²) in [7, 11) is 1.48. The highest BCUT2D eigenvalue weighted by molar-refractivity contribution is 7.07. The number of methoxy groups -OCH3 is 1. The molecule has 0 radical (unpaired) electrons. The van der Waals surface area contributed by atoms with Gasteiger partial charge in [-0.15, -0.1) is 11.3 Å². The molecule has 2 aromatic heterocycles. The van der Waals surface area contributed by atoms with Crippen LogP contribution in [0.15, 0.2) is 21.5 Å². The Labute approximate surface area is 212 Å². The minimum absolute atomic E-state index is 0.0123. The third-order valence-electron chi connectivity index (χ3n) is 5.48. The molecule has 0 bridgehead atoms. The molecular formula is C23H31N5O7S. The van der Waals surface area contributed by atoms with Gasteiger partial charge in [-0.3, -0.25) is 19.2 Å². The lowest BCUT2D eigenvalue weighted by molar-refractivity contribution is -0.131. The van der Waals surface area contributed by atoms with E-state index in [4.69, 9.17) is 14.0 Å². The number of carbonyl (C=O) groups is 4. The van der Waals surface area contributed by atoms with Crippen molar-refractivity contribution in [1.82, 2.24) is 26.1 Å². The number of epoxide rings is 1. The quantitative estimate of drug-likeness (QED) is 0.302. The molecule has 1 aliphatic rings. The van der Waals surface area contributed by atoms with E-state index >= 15 is 0 Å². The first kappa shape index (κ1) is 27.4. The molecule has 13 heteroatoms. The zero-order valence-electron chi connectivity index (χ0n) is 20.7. The number of amides is 3. The molecule has 0 spiro atoms. The van der Waals surface area contributed by atoms with Crippen molar-refractivity contribution in [2.24, 2.45) is 5.92 Å². The van der Waals surface area contributed by atoms with Crippen LogP contribution in [0.25, 0.3) is 0 Å². The van der Waals surface area contributed by atoms with Gasteiger partial charge in [-0.25, -0.2) is 4.98 Å². The molecule has 1 saturated heterocycles. The average Bonchev–Trinajstić information content (AvgIpc) is 3.19. The van der Waals surface area contributed by atoms with E-state index in [0.29, 0.717) is 24.5 Å². The van der Waals surface area contributed by atoms with Crippen LogP contribution in [-0.4, -0.2) is 71.6 Å². The van der Waals surface area contributed by atoms with E-state index < -0.39 is 35.4 Å². The van der Waals surface area contributed by atoms with E-state index in [9.17, 15) is 19.2 Å². The zero-order chi connectivity index (χ0) is 26.3. The Bertz CT molecular complexity index is 1060. The van der Waals surface area contributed by atoms with E-state index in [0.717, 1.165) is 0 Å². The van der Waals surface area contributed by atoms with Crippen LogP contribution < -0.4 is 16.0 Å². The van der Waals surface area contributed by atoms with Crippen LogP contribution in [0.3, 0.4) is 0 Å². The minimum Gasteiger partial charge on any atom is -0.377 e. The van der Waals surface area contributed by atoms with Crippen molar-refractivity contribution in [3.63, 3.8) is 0 Å². The lowest BCUT2D eigenvalue weighted by atomic mass is 9.93. The highest BCUT2D eigenvalue weighted by atomic mass is 32.1. The molecule has 196 valence electrons. The number of carbonyl (C=O) groups excluding carboxylic acids is 4. The molecule has 36 heavy (non-hydrogen) atoms. The van der Waals surface area contributed by atoms with Crippen molar-refractivity contribution < 1.29 is 33.2 Å². The Hall–Kier alpha value is -3.16.